The lowest BCUT2D eigenvalue weighted by Crippen LogP contribution is -2.27. The highest BCUT2D eigenvalue weighted by Crippen LogP contribution is 2.33. The zero-order valence-electron chi connectivity index (χ0n) is 19.0. The summed E-state index contributed by atoms with van der Waals surface area (Å²) in [7, 11) is -3.54. The minimum absolute atomic E-state index is 0.0828. The molecular formula is C23H26N4O6S. The van der Waals surface area contributed by atoms with E-state index in [1.165, 1.54) is 28.6 Å². The van der Waals surface area contributed by atoms with Crippen molar-refractivity contribution in [3.8, 4) is 23.0 Å². The van der Waals surface area contributed by atoms with Crippen LogP contribution in [-0.4, -0.2) is 55.1 Å². The Balaban J connectivity index is 1.46. The summed E-state index contributed by atoms with van der Waals surface area (Å²) in [5, 5.41) is 10.4. The van der Waals surface area contributed by atoms with Gasteiger partial charge in [0.05, 0.1) is 18.1 Å². The topological polar surface area (TPSA) is 124 Å². The van der Waals surface area contributed by atoms with E-state index in [2.05, 4.69) is 15.5 Å². The molecule has 4 rings (SSSR count). The minimum Gasteiger partial charge on any atom is -0.490 e. The maximum atomic E-state index is 12.6. The van der Waals surface area contributed by atoms with Gasteiger partial charge >= 0.3 is 6.01 Å². The Hall–Kier alpha value is -3.44. The molecule has 1 aliphatic rings. The minimum atomic E-state index is -3.54. The van der Waals surface area contributed by atoms with Crippen LogP contribution in [-0.2, 0) is 10.0 Å². The molecule has 1 aromatic heterocycles. The molecule has 34 heavy (non-hydrogen) atoms. The lowest BCUT2D eigenvalue weighted by atomic mass is 10.2. The average Bonchev–Trinajstić information content (AvgIpc) is 3.54. The van der Waals surface area contributed by atoms with Crippen LogP contribution < -0.4 is 14.8 Å². The Morgan fingerprint density at radius 1 is 1.00 bits per heavy atom. The highest BCUT2D eigenvalue weighted by Gasteiger charge is 2.27. The second-order valence-corrected chi connectivity index (χ2v) is 9.47. The van der Waals surface area contributed by atoms with E-state index in [1.54, 1.807) is 18.2 Å². The van der Waals surface area contributed by atoms with Gasteiger partial charge in [-0.15, -0.1) is 5.10 Å². The van der Waals surface area contributed by atoms with Gasteiger partial charge in [0.25, 0.3) is 5.91 Å². The Kier molecular flexibility index (Phi) is 7.13. The fraction of sp³-hybridized carbons (Fsp3) is 0.348. The molecule has 2 heterocycles. The number of nitrogens with zero attached hydrogens (tertiary/aromatic N) is 3. The third-order valence-corrected chi connectivity index (χ3v) is 7.17. The van der Waals surface area contributed by atoms with Crippen LogP contribution in [0.3, 0.4) is 0 Å². The van der Waals surface area contributed by atoms with Crippen molar-refractivity contribution in [1.29, 1.82) is 0 Å². The molecule has 180 valence electrons. The highest BCUT2D eigenvalue weighted by molar-refractivity contribution is 7.89. The number of hydrogen-bond donors (Lipinski definition) is 1. The molecule has 0 bridgehead atoms. The van der Waals surface area contributed by atoms with Crippen LogP contribution in [0, 0.1) is 0 Å². The number of hydrogen-bond acceptors (Lipinski definition) is 8. The Morgan fingerprint density at radius 3 is 2.35 bits per heavy atom. The monoisotopic (exact) mass is 486 g/mol. The van der Waals surface area contributed by atoms with Crippen molar-refractivity contribution >= 4 is 21.9 Å². The number of amides is 1. The van der Waals surface area contributed by atoms with Gasteiger partial charge in [-0.2, -0.15) is 4.31 Å². The average molecular weight is 487 g/mol. The summed E-state index contributed by atoms with van der Waals surface area (Å²) in [6, 6.07) is 10.9. The molecule has 2 aromatic carbocycles. The Bertz CT molecular complexity index is 1250. The second-order valence-electron chi connectivity index (χ2n) is 7.53. The molecule has 11 heteroatoms. The van der Waals surface area contributed by atoms with Crippen LogP contribution in [0.2, 0.25) is 0 Å². The van der Waals surface area contributed by atoms with Gasteiger partial charge in [-0.1, -0.05) is 5.10 Å². The van der Waals surface area contributed by atoms with Crippen molar-refractivity contribution in [3.05, 3.63) is 48.0 Å². The van der Waals surface area contributed by atoms with Gasteiger partial charge < -0.3 is 13.9 Å². The molecule has 0 radical (unpaired) electrons. The predicted octanol–water partition coefficient (Wildman–Crippen LogP) is 3.57. The zero-order valence-corrected chi connectivity index (χ0v) is 19.8. The van der Waals surface area contributed by atoms with Gasteiger partial charge in [-0.25, -0.2) is 8.42 Å². The first-order valence-electron chi connectivity index (χ1n) is 11.1. The first-order chi connectivity index (χ1) is 16.4. The SMILES string of the molecule is CCOc1ccc(-c2nnc(NC(=O)c3ccc(S(=O)(=O)N4CCCC4)cc3)o2)cc1OCC. The van der Waals surface area contributed by atoms with E-state index in [1.807, 2.05) is 13.8 Å². The van der Waals surface area contributed by atoms with Gasteiger partial charge in [0, 0.05) is 24.2 Å². The van der Waals surface area contributed by atoms with Crippen LogP contribution in [0.1, 0.15) is 37.0 Å². The van der Waals surface area contributed by atoms with E-state index in [0.717, 1.165) is 12.8 Å². The fourth-order valence-corrected chi connectivity index (χ4v) is 5.12. The number of carbonyl (C=O) groups excluding carboxylic acids is 1. The largest absolute Gasteiger partial charge is 0.490 e. The number of nitrogens with one attached hydrogen (secondary N) is 1. The molecule has 1 N–H and O–H groups in total. The number of benzene rings is 2. The molecule has 1 amide bonds. The molecule has 1 saturated heterocycles. The summed E-state index contributed by atoms with van der Waals surface area (Å²) < 4.78 is 43.5. The summed E-state index contributed by atoms with van der Waals surface area (Å²) in [6.07, 6.45) is 1.71. The van der Waals surface area contributed by atoms with Crippen molar-refractivity contribution in [3.63, 3.8) is 0 Å². The predicted molar refractivity (Wildman–Crippen MR) is 124 cm³/mol. The normalized spacial score (nSPS) is 14.2. The number of sulfonamides is 1. The van der Waals surface area contributed by atoms with Gasteiger partial charge in [0.1, 0.15) is 0 Å². The summed E-state index contributed by atoms with van der Waals surface area (Å²) >= 11 is 0. The second kappa shape index (κ2) is 10.2. The summed E-state index contributed by atoms with van der Waals surface area (Å²) in [6.45, 7) is 5.76. The molecule has 10 nitrogen and oxygen atoms in total. The van der Waals surface area contributed by atoms with E-state index >= 15 is 0 Å². The lowest BCUT2D eigenvalue weighted by molar-refractivity contribution is 0.102. The number of ether oxygens (including phenoxy) is 2. The van der Waals surface area contributed by atoms with E-state index in [9.17, 15) is 13.2 Å². The summed E-state index contributed by atoms with van der Waals surface area (Å²) in [5.41, 5.74) is 0.871. The lowest BCUT2D eigenvalue weighted by Gasteiger charge is -2.15. The quantitative estimate of drug-likeness (QED) is 0.487. The van der Waals surface area contributed by atoms with Crippen LogP contribution in [0.5, 0.6) is 11.5 Å². The third kappa shape index (κ3) is 5.05. The third-order valence-electron chi connectivity index (χ3n) is 5.26. The molecule has 1 aliphatic heterocycles. The highest BCUT2D eigenvalue weighted by atomic mass is 32.2. The van der Waals surface area contributed by atoms with Gasteiger partial charge in [0.15, 0.2) is 11.5 Å². The zero-order chi connectivity index (χ0) is 24.1. The smallest absolute Gasteiger partial charge is 0.322 e. The van der Waals surface area contributed by atoms with Crippen LogP contribution in [0.25, 0.3) is 11.5 Å². The van der Waals surface area contributed by atoms with Gasteiger partial charge in [-0.3, -0.25) is 10.1 Å². The van der Waals surface area contributed by atoms with Crippen LogP contribution in [0.15, 0.2) is 51.8 Å². The first kappa shape index (κ1) is 23.7. The van der Waals surface area contributed by atoms with Gasteiger partial charge in [-0.05, 0) is 69.2 Å². The van der Waals surface area contributed by atoms with Crippen molar-refractivity contribution in [1.82, 2.24) is 14.5 Å². The summed E-state index contributed by atoms with van der Waals surface area (Å²) in [5.74, 6) is 0.860. The molecule has 0 aliphatic carbocycles. The molecule has 0 saturated carbocycles. The Labute approximate surface area is 197 Å². The van der Waals surface area contributed by atoms with Crippen LogP contribution in [0.4, 0.5) is 6.01 Å². The van der Waals surface area contributed by atoms with Gasteiger partial charge in [0.2, 0.25) is 15.9 Å². The fourth-order valence-electron chi connectivity index (χ4n) is 3.60. The molecule has 3 aromatic rings. The van der Waals surface area contributed by atoms with Crippen LogP contribution >= 0.6 is 0 Å². The molecule has 0 unspecified atom stereocenters. The van der Waals surface area contributed by atoms with E-state index < -0.39 is 15.9 Å². The molecule has 1 fully saturated rings. The van der Waals surface area contributed by atoms with Crippen molar-refractivity contribution in [2.24, 2.45) is 0 Å². The maximum Gasteiger partial charge on any atom is 0.322 e. The number of aromatic nitrogens is 2. The molecule has 0 atom stereocenters. The van der Waals surface area contributed by atoms with E-state index in [4.69, 9.17) is 13.9 Å². The van der Waals surface area contributed by atoms with E-state index in [-0.39, 0.29) is 22.4 Å². The first-order valence-corrected chi connectivity index (χ1v) is 12.5. The standard InChI is InChI=1S/C23H26N4O6S/c1-3-31-19-12-9-17(15-20(19)32-4-2)22-25-26-23(33-22)24-21(28)16-7-10-18(11-8-16)34(29,30)27-13-5-6-14-27/h7-12,15H,3-6,13-14H2,1-2H3,(H,24,26,28). The maximum absolute atomic E-state index is 12.6. The Morgan fingerprint density at radius 2 is 1.68 bits per heavy atom. The van der Waals surface area contributed by atoms with Crippen molar-refractivity contribution in [2.75, 3.05) is 31.6 Å². The van der Waals surface area contributed by atoms with Crippen molar-refractivity contribution in [2.45, 2.75) is 31.6 Å². The number of anilines is 1. The number of carbonyl (C=O) groups is 1. The summed E-state index contributed by atoms with van der Waals surface area (Å²) in [4.78, 5) is 12.8. The molecule has 0 spiro atoms. The van der Waals surface area contributed by atoms with E-state index in [0.29, 0.717) is 43.4 Å². The number of rotatable bonds is 9. The van der Waals surface area contributed by atoms with Crippen molar-refractivity contribution < 1.29 is 27.1 Å². The molecular weight excluding hydrogens is 460 g/mol.